The van der Waals surface area contributed by atoms with Crippen molar-refractivity contribution in [3.63, 3.8) is 0 Å². The number of aryl methyl sites for hydroxylation is 1. The molecule has 1 aromatic rings. The molecule has 1 fully saturated rings. The molecule has 1 aliphatic rings. The lowest BCUT2D eigenvalue weighted by molar-refractivity contribution is 0.0393. The smallest absolute Gasteiger partial charge is 0.0492 e. The standard InChI is InChI=1S/C17H32N4/c1-4-11-21(12-8-16-7-10-19-20(16)3)17(14-18)9-5-6-15(2)13-17/h7,10,15H,4-6,8-9,11-14,18H2,1-3H3. The minimum absolute atomic E-state index is 0.228. The molecular weight excluding hydrogens is 260 g/mol. The zero-order chi connectivity index (χ0) is 15.3. The van der Waals surface area contributed by atoms with Crippen LogP contribution in [0.1, 0.15) is 51.6 Å². The van der Waals surface area contributed by atoms with E-state index in [1.165, 1.54) is 37.8 Å². The summed E-state index contributed by atoms with van der Waals surface area (Å²) in [6.07, 6.45) is 9.36. The second kappa shape index (κ2) is 7.41. The Balaban J connectivity index is 2.07. The van der Waals surface area contributed by atoms with Crippen molar-refractivity contribution in [2.24, 2.45) is 18.7 Å². The highest BCUT2D eigenvalue weighted by molar-refractivity contribution is 5.02. The van der Waals surface area contributed by atoms with Crippen LogP contribution in [0.2, 0.25) is 0 Å². The fourth-order valence-corrected chi connectivity index (χ4v) is 3.99. The highest BCUT2D eigenvalue weighted by Gasteiger charge is 2.38. The van der Waals surface area contributed by atoms with Crippen molar-refractivity contribution in [2.45, 2.75) is 57.9 Å². The lowest BCUT2D eigenvalue weighted by Crippen LogP contribution is -2.57. The lowest BCUT2D eigenvalue weighted by Gasteiger charge is -2.48. The topological polar surface area (TPSA) is 47.1 Å². The van der Waals surface area contributed by atoms with Crippen molar-refractivity contribution in [2.75, 3.05) is 19.6 Å². The average Bonchev–Trinajstić information content (AvgIpc) is 2.88. The predicted molar refractivity (Wildman–Crippen MR) is 88.2 cm³/mol. The number of hydrogen-bond acceptors (Lipinski definition) is 3. The van der Waals surface area contributed by atoms with E-state index in [1.54, 1.807) is 0 Å². The number of hydrogen-bond donors (Lipinski definition) is 1. The minimum Gasteiger partial charge on any atom is -0.329 e. The van der Waals surface area contributed by atoms with Crippen LogP contribution in [-0.4, -0.2) is 39.9 Å². The molecule has 2 atom stereocenters. The van der Waals surface area contributed by atoms with Gasteiger partial charge in [-0.2, -0.15) is 5.10 Å². The Morgan fingerprint density at radius 1 is 1.48 bits per heavy atom. The van der Waals surface area contributed by atoms with Crippen LogP contribution in [0, 0.1) is 5.92 Å². The van der Waals surface area contributed by atoms with Gasteiger partial charge in [0, 0.05) is 44.0 Å². The molecule has 1 heterocycles. The Morgan fingerprint density at radius 3 is 2.86 bits per heavy atom. The predicted octanol–water partition coefficient (Wildman–Crippen LogP) is 2.58. The Bertz CT molecular complexity index is 428. The fourth-order valence-electron chi connectivity index (χ4n) is 3.99. The fraction of sp³-hybridized carbons (Fsp3) is 0.824. The highest BCUT2D eigenvalue weighted by atomic mass is 15.3. The number of aromatic nitrogens is 2. The third kappa shape index (κ3) is 3.86. The van der Waals surface area contributed by atoms with Crippen LogP contribution >= 0.6 is 0 Å². The Labute approximate surface area is 129 Å². The van der Waals surface area contributed by atoms with E-state index in [1.807, 2.05) is 17.9 Å². The summed E-state index contributed by atoms with van der Waals surface area (Å²) in [7, 11) is 2.03. The van der Waals surface area contributed by atoms with Gasteiger partial charge in [-0.15, -0.1) is 0 Å². The molecule has 2 N–H and O–H groups in total. The molecule has 1 saturated carbocycles. The molecule has 0 aliphatic heterocycles. The van der Waals surface area contributed by atoms with Gasteiger partial charge in [0.25, 0.3) is 0 Å². The second-order valence-corrected chi connectivity index (χ2v) is 6.81. The number of nitrogens with two attached hydrogens (primary N) is 1. The molecule has 1 aliphatic carbocycles. The molecule has 0 aromatic carbocycles. The van der Waals surface area contributed by atoms with Crippen LogP contribution in [0.25, 0.3) is 0 Å². The summed E-state index contributed by atoms with van der Waals surface area (Å²) in [5.74, 6) is 0.804. The third-order valence-electron chi connectivity index (χ3n) is 5.17. The molecule has 4 nitrogen and oxygen atoms in total. The zero-order valence-electron chi connectivity index (χ0n) is 14.0. The molecule has 2 unspecified atom stereocenters. The molecule has 21 heavy (non-hydrogen) atoms. The summed E-state index contributed by atoms with van der Waals surface area (Å²) >= 11 is 0. The van der Waals surface area contributed by atoms with Gasteiger partial charge in [-0.3, -0.25) is 9.58 Å². The molecule has 1 aromatic heterocycles. The van der Waals surface area contributed by atoms with Crippen molar-refractivity contribution < 1.29 is 0 Å². The Morgan fingerprint density at radius 2 is 2.29 bits per heavy atom. The molecule has 0 spiro atoms. The highest BCUT2D eigenvalue weighted by Crippen LogP contribution is 2.36. The first kappa shape index (κ1) is 16.5. The SMILES string of the molecule is CCCN(CCc1ccnn1C)C1(CN)CCCC(C)C1. The van der Waals surface area contributed by atoms with Crippen LogP contribution in [0.5, 0.6) is 0 Å². The van der Waals surface area contributed by atoms with E-state index in [0.717, 1.165) is 32.0 Å². The maximum absolute atomic E-state index is 6.25. The third-order valence-corrected chi connectivity index (χ3v) is 5.17. The van der Waals surface area contributed by atoms with Gasteiger partial charge in [0.2, 0.25) is 0 Å². The summed E-state index contributed by atoms with van der Waals surface area (Å²) < 4.78 is 1.99. The van der Waals surface area contributed by atoms with Crippen molar-refractivity contribution in [3.8, 4) is 0 Å². The van der Waals surface area contributed by atoms with Gasteiger partial charge < -0.3 is 5.73 Å². The van der Waals surface area contributed by atoms with Crippen LogP contribution in [-0.2, 0) is 13.5 Å². The summed E-state index contributed by atoms with van der Waals surface area (Å²) in [4.78, 5) is 2.68. The van der Waals surface area contributed by atoms with Crippen molar-refractivity contribution >= 4 is 0 Å². The molecular formula is C17H32N4. The van der Waals surface area contributed by atoms with Gasteiger partial charge in [-0.05, 0) is 37.8 Å². The van der Waals surface area contributed by atoms with E-state index >= 15 is 0 Å². The van der Waals surface area contributed by atoms with Crippen LogP contribution in [0.3, 0.4) is 0 Å². The van der Waals surface area contributed by atoms with Crippen molar-refractivity contribution in [1.29, 1.82) is 0 Å². The van der Waals surface area contributed by atoms with E-state index in [2.05, 4.69) is 29.9 Å². The van der Waals surface area contributed by atoms with E-state index in [9.17, 15) is 0 Å². The molecule has 4 heteroatoms. The zero-order valence-corrected chi connectivity index (χ0v) is 14.0. The Kier molecular flexibility index (Phi) is 5.82. The Hall–Kier alpha value is -0.870. The maximum Gasteiger partial charge on any atom is 0.0492 e. The first-order chi connectivity index (χ1) is 10.1. The molecule has 0 bridgehead atoms. The first-order valence-corrected chi connectivity index (χ1v) is 8.53. The molecule has 2 rings (SSSR count). The molecule has 0 amide bonds. The number of nitrogens with zero attached hydrogens (tertiary/aromatic N) is 3. The maximum atomic E-state index is 6.25. The summed E-state index contributed by atoms with van der Waals surface area (Å²) in [5, 5.41) is 4.28. The molecule has 120 valence electrons. The van der Waals surface area contributed by atoms with E-state index in [0.29, 0.717) is 0 Å². The van der Waals surface area contributed by atoms with E-state index < -0.39 is 0 Å². The summed E-state index contributed by atoms with van der Waals surface area (Å²) in [6.45, 7) is 7.70. The lowest BCUT2D eigenvalue weighted by atomic mass is 9.75. The van der Waals surface area contributed by atoms with Gasteiger partial charge in [-0.1, -0.05) is 26.7 Å². The van der Waals surface area contributed by atoms with Crippen LogP contribution in [0.4, 0.5) is 0 Å². The van der Waals surface area contributed by atoms with Crippen molar-refractivity contribution in [1.82, 2.24) is 14.7 Å². The first-order valence-electron chi connectivity index (χ1n) is 8.53. The monoisotopic (exact) mass is 292 g/mol. The average molecular weight is 292 g/mol. The van der Waals surface area contributed by atoms with Gasteiger partial charge >= 0.3 is 0 Å². The molecule has 0 saturated heterocycles. The van der Waals surface area contributed by atoms with Crippen LogP contribution < -0.4 is 5.73 Å². The quantitative estimate of drug-likeness (QED) is 0.840. The summed E-state index contributed by atoms with van der Waals surface area (Å²) in [6, 6.07) is 2.13. The number of rotatable bonds is 7. The van der Waals surface area contributed by atoms with Crippen molar-refractivity contribution in [3.05, 3.63) is 18.0 Å². The van der Waals surface area contributed by atoms with Crippen LogP contribution in [0.15, 0.2) is 12.3 Å². The second-order valence-electron chi connectivity index (χ2n) is 6.81. The largest absolute Gasteiger partial charge is 0.329 e. The summed E-state index contributed by atoms with van der Waals surface area (Å²) in [5.41, 5.74) is 7.79. The van der Waals surface area contributed by atoms with Gasteiger partial charge in [-0.25, -0.2) is 0 Å². The van der Waals surface area contributed by atoms with E-state index in [-0.39, 0.29) is 5.54 Å². The van der Waals surface area contributed by atoms with Gasteiger partial charge in [0.1, 0.15) is 0 Å². The van der Waals surface area contributed by atoms with Gasteiger partial charge in [0.15, 0.2) is 0 Å². The normalized spacial score (nSPS) is 26.4. The minimum atomic E-state index is 0.228. The molecule has 0 radical (unpaired) electrons. The van der Waals surface area contributed by atoms with E-state index in [4.69, 9.17) is 5.73 Å². The van der Waals surface area contributed by atoms with Gasteiger partial charge in [0.05, 0.1) is 0 Å².